The van der Waals surface area contributed by atoms with E-state index < -0.39 is 0 Å². The minimum atomic E-state index is 0.109. The molecule has 2 rings (SSSR count). The minimum Gasteiger partial charge on any atom is -0.394 e. The summed E-state index contributed by atoms with van der Waals surface area (Å²) >= 11 is 3.52. The number of nitrogens with one attached hydrogen (secondary N) is 1. The average molecular weight is 314 g/mol. The van der Waals surface area contributed by atoms with Crippen molar-refractivity contribution < 1.29 is 9.84 Å². The molecule has 0 aromatic heterocycles. The van der Waals surface area contributed by atoms with E-state index in [9.17, 15) is 0 Å². The van der Waals surface area contributed by atoms with Gasteiger partial charge >= 0.3 is 0 Å². The summed E-state index contributed by atoms with van der Waals surface area (Å²) in [5.74, 6) is 0. The lowest BCUT2D eigenvalue weighted by atomic mass is 10.1. The van der Waals surface area contributed by atoms with Crippen LogP contribution in [0.4, 0.5) is 0 Å². The zero-order valence-electron chi connectivity index (χ0n) is 10.5. The van der Waals surface area contributed by atoms with Crippen LogP contribution >= 0.6 is 15.9 Å². The van der Waals surface area contributed by atoms with E-state index in [0.29, 0.717) is 19.3 Å². The number of hydrogen-bond acceptors (Lipinski definition) is 3. The molecule has 100 valence electrons. The largest absolute Gasteiger partial charge is 0.394 e. The number of aryl methyl sites for hydroxylation is 1. The first-order valence-electron chi connectivity index (χ1n) is 6.51. The number of halogens is 1. The first-order chi connectivity index (χ1) is 8.81. The van der Waals surface area contributed by atoms with Crippen molar-refractivity contribution in [3.8, 4) is 0 Å². The standard InChI is InChI=1S/C14H20BrNO2/c15-12-3-4-13-11(10-12)2-5-14(13)16-6-1-8-18-9-7-17/h3-4,10,14,16-17H,1-2,5-9H2. The van der Waals surface area contributed by atoms with Crippen LogP contribution in [0.3, 0.4) is 0 Å². The number of hydrogen-bond donors (Lipinski definition) is 2. The molecule has 1 atom stereocenters. The van der Waals surface area contributed by atoms with Crippen LogP contribution in [0.5, 0.6) is 0 Å². The summed E-state index contributed by atoms with van der Waals surface area (Å²) in [5.41, 5.74) is 2.90. The van der Waals surface area contributed by atoms with E-state index in [-0.39, 0.29) is 6.61 Å². The Morgan fingerprint density at radius 1 is 1.39 bits per heavy atom. The van der Waals surface area contributed by atoms with Crippen LogP contribution < -0.4 is 5.32 Å². The molecule has 0 spiro atoms. The van der Waals surface area contributed by atoms with E-state index in [2.05, 4.69) is 39.4 Å². The predicted octanol–water partition coefficient (Wildman–Crippen LogP) is 2.42. The highest BCUT2D eigenvalue weighted by Gasteiger charge is 2.21. The maximum Gasteiger partial charge on any atom is 0.0697 e. The fraction of sp³-hybridized carbons (Fsp3) is 0.571. The lowest BCUT2D eigenvalue weighted by Crippen LogP contribution is -2.21. The summed E-state index contributed by atoms with van der Waals surface area (Å²) in [6.45, 7) is 2.23. The molecule has 0 saturated heterocycles. The molecule has 2 N–H and O–H groups in total. The molecule has 4 heteroatoms. The van der Waals surface area contributed by atoms with Gasteiger partial charge in [-0.25, -0.2) is 0 Å². The van der Waals surface area contributed by atoms with E-state index in [0.717, 1.165) is 19.4 Å². The van der Waals surface area contributed by atoms with Crippen LogP contribution in [0.15, 0.2) is 22.7 Å². The van der Waals surface area contributed by atoms with Crippen molar-refractivity contribution in [1.29, 1.82) is 0 Å². The molecule has 0 fully saturated rings. The molecule has 0 aliphatic heterocycles. The quantitative estimate of drug-likeness (QED) is 0.760. The first-order valence-corrected chi connectivity index (χ1v) is 7.31. The van der Waals surface area contributed by atoms with Gasteiger partial charge in [-0.1, -0.05) is 22.0 Å². The van der Waals surface area contributed by atoms with Crippen LogP contribution in [-0.2, 0) is 11.2 Å². The molecule has 0 heterocycles. The highest BCUT2D eigenvalue weighted by molar-refractivity contribution is 9.10. The lowest BCUT2D eigenvalue weighted by Gasteiger charge is -2.14. The highest BCUT2D eigenvalue weighted by atomic mass is 79.9. The SMILES string of the molecule is OCCOCCCNC1CCc2cc(Br)ccc21. The maximum absolute atomic E-state index is 8.58. The molecule has 1 aliphatic rings. The zero-order valence-corrected chi connectivity index (χ0v) is 12.1. The Bertz CT molecular complexity index is 384. The molecule has 1 aliphatic carbocycles. The number of fused-ring (bicyclic) bond motifs is 1. The Morgan fingerprint density at radius 2 is 2.28 bits per heavy atom. The molecule has 18 heavy (non-hydrogen) atoms. The van der Waals surface area contributed by atoms with Gasteiger partial charge in [-0.3, -0.25) is 0 Å². The van der Waals surface area contributed by atoms with Crippen molar-refractivity contribution >= 4 is 15.9 Å². The van der Waals surface area contributed by atoms with Crippen molar-refractivity contribution in [3.05, 3.63) is 33.8 Å². The number of aliphatic hydroxyl groups is 1. The van der Waals surface area contributed by atoms with E-state index >= 15 is 0 Å². The van der Waals surface area contributed by atoms with Crippen LogP contribution in [0, 0.1) is 0 Å². The van der Waals surface area contributed by atoms with Crippen molar-refractivity contribution in [1.82, 2.24) is 5.32 Å². The van der Waals surface area contributed by atoms with Crippen LogP contribution in [0.25, 0.3) is 0 Å². The Hall–Kier alpha value is -0.420. The van der Waals surface area contributed by atoms with Crippen LogP contribution in [0.2, 0.25) is 0 Å². The second kappa shape index (κ2) is 7.24. The second-order valence-corrected chi connectivity index (χ2v) is 5.49. The van der Waals surface area contributed by atoms with E-state index in [1.165, 1.54) is 22.0 Å². The van der Waals surface area contributed by atoms with Gasteiger partial charge in [-0.05, 0) is 49.1 Å². The third-order valence-electron chi connectivity index (χ3n) is 3.27. The van der Waals surface area contributed by atoms with Crippen molar-refractivity contribution in [2.24, 2.45) is 0 Å². The third kappa shape index (κ3) is 3.79. The van der Waals surface area contributed by atoms with Crippen LogP contribution in [-0.4, -0.2) is 31.5 Å². The second-order valence-electron chi connectivity index (χ2n) is 4.58. The van der Waals surface area contributed by atoms with Gasteiger partial charge < -0.3 is 15.2 Å². The number of benzene rings is 1. The normalized spacial score (nSPS) is 18.0. The van der Waals surface area contributed by atoms with Crippen molar-refractivity contribution in [2.45, 2.75) is 25.3 Å². The summed E-state index contributed by atoms with van der Waals surface area (Å²) < 4.78 is 6.40. The highest BCUT2D eigenvalue weighted by Crippen LogP contribution is 2.32. The lowest BCUT2D eigenvalue weighted by molar-refractivity contribution is 0.0904. The molecule has 0 bridgehead atoms. The van der Waals surface area contributed by atoms with Gasteiger partial charge in [-0.15, -0.1) is 0 Å². The number of ether oxygens (including phenoxy) is 1. The zero-order chi connectivity index (χ0) is 12.8. The topological polar surface area (TPSA) is 41.5 Å². The van der Waals surface area contributed by atoms with Gasteiger partial charge in [-0.2, -0.15) is 0 Å². The monoisotopic (exact) mass is 313 g/mol. The Labute approximate surface area is 117 Å². The first kappa shape index (κ1) is 14.0. The summed E-state index contributed by atoms with van der Waals surface area (Å²) in [6.07, 6.45) is 3.33. The van der Waals surface area contributed by atoms with Gasteiger partial charge in [0.15, 0.2) is 0 Å². The molecular formula is C14H20BrNO2. The van der Waals surface area contributed by atoms with Gasteiger partial charge in [0.2, 0.25) is 0 Å². The average Bonchev–Trinajstić information content (AvgIpc) is 2.76. The van der Waals surface area contributed by atoms with Gasteiger partial charge in [0, 0.05) is 17.1 Å². The molecule has 3 nitrogen and oxygen atoms in total. The smallest absolute Gasteiger partial charge is 0.0697 e. The number of aliphatic hydroxyl groups excluding tert-OH is 1. The molecule has 1 unspecified atom stereocenters. The molecule has 1 aromatic carbocycles. The van der Waals surface area contributed by atoms with Crippen LogP contribution in [0.1, 0.15) is 30.0 Å². The summed E-state index contributed by atoms with van der Waals surface area (Å²) in [7, 11) is 0. The summed E-state index contributed by atoms with van der Waals surface area (Å²) in [6, 6.07) is 7.04. The maximum atomic E-state index is 8.58. The summed E-state index contributed by atoms with van der Waals surface area (Å²) in [4.78, 5) is 0. The summed E-state index contributed by atoms with van der Waals surface area (Å²) in [5, 5.41) is 12.2. The van der Waals surface area contributed by atoms with Gasteiger partial charge in [0.25, 0.3) is 0 Å². The number of rotatable bonds is 7. The fourth-order valence-electron chi connectivity index (χ4n) is 2.42. The Kier molecular flexibility index (Phi) is 5.63. The van der Waals surface area contributed by atoms with E-state index in [1.54, 1.807) is 0 Å². The molecule has 0 radical (unpaired) electrons. The van der Waals surface area contributed by atoms with Gasteiger partial charge in [0.1, 0.15) is 0 Å². The molecule has 0 saturated carbocycles. The molecule has 0 amide bonds. The third-order valence-corrected chi connectivity index (χ3v) is 3.77. The Balaban J connectivity index is 1.73. The minimum absolute atomic E-state index is 0.109. The fourth-order valence-corrected chi connectivity index (χ4v) is 2.82. The van der Waals surface area contributed by atoms with E-state index in [4.69, 9.17) is 9.84 Å². The van der Waals surface area contributed by atoms with E-state index in [1.807, 2.05) is 0 Å². The van der Waals surface area contributed by atoms with Crippen molar-refractivity contribution in [3.63, 3.8) is 0 Å². The predicted molar refractivity (Wildman–Crippen MR) is 75.7 cm³/mol. The van der Waals surface area contributed by atoms with Gasteiger partial charge in [0.05, 0.1) is 13.2 Å². The Morgan fingerprint density at radius 3 is 3.11 bits per heavy atom. The molecular weight excluding hydrogens is 294 g/mol. The molecule has 1 aromatic rings. The van der Waals surface area contributed by atoms with Crippen molar-refractivity contribution in [2.75, 3.05) is 26.4 Å².